The van der Waals surface area contributed by atoms with Crippen LogP contribution >= 0.6 is 0 Å². The molecule has 0 aliphatic carbocycles. The van der Waals surface area contributed by atoms with Crippen LogP contribution in [0.2, 0.25) is 0 Å². The molecule has 38 heavy (non-hydrogen) atoms. The second-order valence-corrected chi connectivity index (χ2v) is 10.2. The first-order valence-corrected chi connectivity index (χ1v) is 12.9. The molecule has 3 aromatic carbocycles. The van der Waals surface area contributed by atoms with Crippen LogP contribution in [0.25, 0.3) is 10.8 Å². The summed E-state index contributed by atoms with van der Waals surface area (Å²) >= 11 is 0. The Kier molecular flexibility index (Phi) is 9.71. The van der Waals surface area contributed by atoms with Crippen molar-refractivity contribution in [2.45, 2.75) is 58.6 Å². The van der Waals surface area contributed by atoms with Crippen molar-refractivity contribution in [2.24, 2.45) is 0 Å². The van der Waals surface area contributed by atoms with E-state index < -0.39 is 29.6 Å². The molecule has 0 bridgehead atoms. The minimum atomic E-state index is -0.980. The molecule has 0 radical (unpaired) electrons. The minimum Gasteiger partial charge on any atom is -0.508 e. The Bertz CT molecular complexity index is 1250. The lowest BCUT2D eigenvalue weighted by Gasteiger charge is -2.32. The molecule has 3 amide bonds. The summed E-state index contributed by atoms with van der Waals surface area (Å²) in [6, 6.07) is 18.7. The average molecular weight is 520 g/mol. The third kappa shape index (κ3) is 8.23. The number of phenolic OH excluding ortho intramolecular Hbond substituents is 1. The number of fused-ring (bicyclic) bond motifs is 1. The highest BCUT2D eigenvalue weighted by Crippen LogP contribution is 2.27. The molecule has 1 atom stereocenters. The summed E-state index contributed by atoms with van der Waals surface area (Å²) in [4.78, 5) is 40.9. The second-order valence-electron chi connectivity index (χ2n) is 10.2. The van der Waals surface area contributed by atoms with Crippen LogP contribution in [0.1, 0.15) is 58.6 Å². The number of ether oxygens (including phenoxy) is 1. The first kappa shape index (κ1) is 28.5. The summed E-state index contributed by atoms with van der Waals surface area (Å²) in [5.74, 6) is -0.760. The number of nitrogens with zero attached hydrogens (tertiary/aromatic N) is 1. The molecule has 202 valence electrons. The van der Waals surface area contributed by atoms with Crippen LogP contribution in [0.3, 0.4) is 0 Å². The van der Waals surface area contributed by atoms with Gasteiger partial charge in [-0.1, -0.05) is 62.2 Å². The zero-order valence-corrected chi connectivity index (χ0v) is 22.5. The van der Waals surface area contributed by atoms with E-state index >= 15 is 0 Å². The summed E-state index contributed by atoms with van der Waals surface area (Å²) in [5.41, 5.74) is 0.441. The standard InChI is InChI=1S/C30H37N3O5/c1-5-6-9-18-33(26(35)20-31-29(37)38-30(2,3)4)27(22-13-16-25(34)17-14-22)28(36)32-24-15-12-21-10-7-8-11-23(21)19-24/h7-8,10-17,19,27,34H,5-6,9,18,20H2,1-4H3,(H,31,37)(H,32,36). The molecule has 3 aromatic rings. The van der Waals surface area contributed by atoms with Crippen molar-refractivity contribution >= 4 is 34.4 Å². The Hall–Kier alpha value is -4.07. The van der Waals surface area contributed by atoms with Crippen LogP contribution in [-0.4, -0.2) is 46.6 Å². The number of amides is 3. The molecule has 0 saturated carbocycles. The molecule has 1 unspecified atom stereocenters. The van der Waals surface area contributed by atoms with Gasteiger partial charge < -0.3 is 25.4 Å². The first-order valence-electron chi connectivity index (χ1n) is 12.9. The van der Waals surface area contributed by atoms with Crippen LogP contribution in [0, 0.1) is 0 Å². The van der Waals surface area contributed by atoms with E-state index in [4.69, 9.17) is 4.74 Å². The number of benzene rings is 3. The Balaban J connectivity index is 1.90. The minimum absolute atomic E-state index is 0.0536. The maximum atomic E-state index is 13.8. The fourth-order valence-electron chi connectivity index (χ4n) is 4.10. The fourth-order valence-corrected chi connectivity index (χ4v) is 4.10. The number of alkyl carbamates (subject to hydrolysis) is 1. The van der Waals surface area contributed by atoms with Gasteiger partial charge in [0.1, 0.15) is 23.9 Å². The number of unbranched alkanes of at least 4 members (excludes halogenated alkanes) is 2. The van der Waals surface area contributed by atoms with Gasteiger partial charge in [0.05, 0.1) is 0 Å². The molecule has 8 heteroatoms. The first-order chi connectivity index (χ1) is 18.1. The fraction of sp³-hybridized carbons (Fsp3) is 0.367. The van der Waals surface area contributed by atoms with Crippen LogP contribution in [-0.2, 0) is 14.3 Å². The maximum Gasteiger partial charge on any atom is 0.408 e. The predicted molar refractivity (Wildman–Crippen MR) is 149 cm³/mol. The van der Waals surface area contributed by atoms with Gasteiger partial charge in [-0.05, 0) is 67.8 Å². The Morgan fingerprint density at radius 3 is 2.29 bits per heavy atom. The number of phenols is 1. The van der Waals surface area contributed by atoms with Crippen molar-refractivity contribution in [2.75, 3.05) is 18.4 Å². The normalized spacial score (nSPS) is 12.0. The maximum absolute atomic E-state index is 13.8. The molecule has 0 saturated heterocycles. The van der Waals surface area contributed by atoms with Crippen molar-refractivity contribution in [1.29, 1.82) is 0 Å². The van der Waals surface area contributed by atoms with Crippen molar-refractivity contribution in [3.8, 4) is 5.75 Å². The molecule has 0 fully saturated rings. The number of anilines is 1. The molecule has 3 N–H and O–H groups in total. The summed E-state index contributed by atoms with van der Waals surface area (Å²) in [6.07, 6.45) is 1.79. The van der Waals surface area contributed by atoms with Crippen LogP contribution in [0.15, 0.2) is 66.7 Å². The van der Waals surface area contributed by atoms with Crippen LogP contribution in [0.4, 0.5) is 10.5 Å². The van der Waals surface area contributed by atoms with E-state index in [-0.39, 0.29) is 12.3 Å². The van der Waals surface area contributed by atoms with E-state index in [2.05, 4.69) is 17.6 Å². The predicted octanol–water partition coefficient (Wildman–Crippen LogP) is 5.77. The number of carbonyl (C=O) groups is 3. The van der Waals surface area contributed by atoms with Crippen molar-refractivity contribution in [3.05, 3.63) is 72.3 Å². The zero-order valence-electron chi connectivity index (χ0n) is 22.5. The molecule has 0 spiro atoms. The molecular weight excluding hydrogens is 482 g/mol. The third-order valence-electron chi connectivity index (χ3n) is 5.89. The van der Waals surface area contributed by atoms with Crippen molar-refractivity contribution < 1.29 is 24.2 Å². The molecular formula is C30H37N3O5. The molecule has 0 aliphatic rings. The van der Waals surface area contributed by atoms with Crippen LogP contribution < -0.4 is 10.6 Å². The quantitative estimate of drug-likeness (QED) is 0.295. The van der Waals surface area contributed by atoms with Gasteiger partial charge in [0, 0.05) is 12.2 Å². The second kappa shape index (κ2) is 12.9. The Labute approximate surface area is 224 Å². The van der Waals surface area contributed by atoms with Gasteiger partial charge in [-0.2, -0.15) is 0 Å². The van der Waals surface area contributed by atoms with Crippen molar-refractivity contribution in [1.82, 2.24) is 10.2 Å². The lowest BCUT2D eigenvalue weighted by molar-refractivity contribution is -0.138. The SMILES string of the molecule is CCCCCN(C(=O)CNC(=O)OC(C)(C)C)C(C(=O)Nc1ccc2ccccc2c1)c1ccc(O)cc1. The number of rotatable bonds is 10. The smallest absolute Gasteiger partial charge is 0.408 e. The molecule has 0 aliphatic heterocycles. The topological polar surface area (TPSA) is 108 Å². The van der Waals surface area contributed by atoms with Crippen LogP contribution in [0.5, 0.6) is 5.75 Å². The van der Waals surface area contributed by atoms with E-state index in [0.29, 0.717) is 24.2 Å². The van der Waals surface area contributed by atoms with Gasteiger partial charge >= 0.3 is 6.09 Å². The number of carbonyl (C=O) groups excluding carboxylic acids is 3. The number of hydrogen-bond donors (Lipinski definition) is 3. The number of aromatic hydroxyl groups is 1. The summed E-state index contributed by atoms with van der Waals surface area (Å²) in [6.45, 7) is 7.27. The molecule has 0 aromatic heterocycles. The van der Waals surface area contributed by atoms with Gasteiger partial charge in [0.2, 0.25) is 5.91 Å². The van der Waals surface area contributed by atoms with E-state index in [0.717, 1.165) is 23.6 Å². The van der Waals surface area contributed by atoms with Gasteiger partial charge in [0.15, 0.2) is 0 Å². The van der Waals surface area contributed by atoms with E-state index in [9.17, 15) is 19.5 Å². The summed E-state index contributed by atoms with van der Waals surface area (Å²) in [5, 5.41) is 17.3. The third-order valence-corrected chi connectivity index (χ3v) is 5.89. The molecule has 3 rings (SSSR count). The van der Waals surface area contributed by atoms with E-state index in [1.165, 1.54) is 17.0 Å². The summed E-state index contributed by atoms with van der Waals surface area (Å²) < 4.78 is 5.26. The highest BCUT2D eigenvalue weighted by atomic mass is 16.6. The highest BCUT2D eigenvalue weighted by molar-refractivity contribution is 6.00. The summed E-state index contributed by atoms with van der Waals surface area (Å²) in [7, 11) is 0. The Morgan fingerprint density at radius 2 is 1.63 bits per heavy atom. The largest absolute Gasteiger partial charge is 0.508 e. The number of hydrogen-bond acceptors (Lipinski definition) is 5. The lowest BCUT2D eigenvalue weighted by atomic mass is 10.0. The monoisotopic (exact) mass is 519 g/mol. The van der Waals surface area contributed by atoms with Gasteiger partial charge in [-0.15, -0.1) is 0 Å². The highest BCUT2D eigenvalue weighted by Gasteiger charge is 2.32. The van der Waals surface area contributed by atoms with Gasteiger partial charge in [-0.25, -0.2) is 4.79 Å². The average Bonchev–Trinajstić information content (AvgIpc) is 2.86. The van der Waals surface area contributed by atoms with Gasteiger partial charge in [0.25, 0.3) is 5.91 Å². The zero-order chi connectivity index (χ0) is 27.7. The van der Waals surface area contributed by atoms with E-state index in [1.807, 2.05) is 42.5 Å². The Morgan fingerprint density at radius 1 is 0.947 bits per heavy atom. The van der Waals surface area contributed by atoms with E-state index in [1.54, 1.807) is 32.9 Å². The van der Waals surface area contributed by atoms with Gasteiger partial charge in [-0.3, -0.25) is 9.59 Å². The lowest BCUT2D eigenvalue weighted by Crippen LogP contribution is -2.47. The number of nitrogens with one attached hydrogen (secondary N) is 2. The van der Waals surface area contributed by atoms with Crippen molar-refractivity contribution in [3.63, 3.8) is 0 Å². The molecule has 0 heterocycles. The molecule has 8 nitrogen and oxygen atoms in total.